The SMILES string of the molecule is CC1(C)CC(NS(=O)(=O)N2CCCCC2CN)CCO1. The number of nitrogens with two attached hydrogens (primary N) is 1. The molecule has 2 unspecified atom stereocenters. The summed E-state index contributed by atoms with van der Waals surface area (Å²) in [5, 5.41) is 0. The van der Waals surface area contributed by atoms with Gasteiger partial charge in [-0.1, -0.05) is 6.42 Å². The van der Waals surface area contributed by atoms with Gasteiger partial charge in [0.25, 0.3) is 10.2 Å². The van der Waals surface area contributed by atoms with Crippen LogP contribution in [0, 0.1) is 0 Å². The van der Waals surface area contributed by atoms with Gasteiger partial charge in [0.2, 0.25) is 0 Å². The highest BCUT2D eigenvalue weighted by atomic mass is 32.2. The number of rotatable bonds is 4. The Balaban J connectivity index is 2.02. The largest absolute Gasteiger partial charge is 0.375 e. The lowest BCUT2D eigenvalue weighted by Crippen LogP contribution is -2.55. The topological polar surface area (TPSA) is 84.7 Å². The van der Waals surface area contributed by atoms with E-state index >= 15 is 0 Å². The predicted molar refractivity (Wildman–Crippen MR) is 78.5 cm³/mol. The zero-order chi connectivity index (χ0) is 14.8. The first-order valence-corrected chi connectivity index (χ1v) is 8.91. The molecule has 0 spiro atoms. The van der Waals surface area contributed by atoms with Crippen LogP contribution in [-0.2, 0) is 14.9 Å². The third kappa shape index (κ3) is 3.92. The molecule has 2 saturated heterocycles. The molecule has 0 amide bonds. The average Bonchev–Trinajstić information content (AvgIpc) is 2.37. The Morgan fingerprint density at radius 1 is 1.35 bits per heavy atom. The lowest BCUT2D eigenvalue weighted by atomic mass is 9.95. The fraction of sp³-hybridized carbons (Fsp3) is 1.00. The smallest absolute Gasteiger partial charge is 0.279 e. The predicted octanol–water partition coefficient (Wildman–Crippen LogP) is 0.592. The van der Waals surface area contributed by atoms with Gasteiger partial charge in [0.05, 0.1) is 5.60 Å². The third-order valence-corrected chi connectivity index (χ3v) is 5.90. The molecule has 118 valence electrons. The summed E-state index contributed by atoms with van der Waals surface area (Å²) >= 11 is 0. The highest BCUT2D eigenvalue weighted by Crippen LogP contribution is 2.26. The number of hydrogen-bond donors (Lipinski definition) is 2. The molecule has 3 N–H and O–H groups in total. The Bertz CT molecular complexity index is 425. The van der Waals surface area contributed by atoms with Crippen LogP contribution in [0.25, 0.3) is 0 Å². The number of hydrogen-bond acceptors (Lipinski definition) is 4. The molecule has 2 aliphatic heterocycles. The minimum Gasteiger partial charge on any atom is -0.375 e. The number of nitrogens with one attached hydrogen (secondary N) is 1. The summed E-state index contributed by atoms with van der Waals surface area (Å²) in [7, 11) is -3.45. The van der Waals surface area contributed by atoms with Crippen molar-refractivity contribution in [3.05, 3.63) is 0 Å². The first kappa shape index (κ1) is 16.2. The van der Waals surface area contributed by atoms with Gasteiger partial charge >= 0.3 is 0 Å². The van der Waals surface area contributed by atoms with Gasteiger partial charge in [0, 0.05) is 31.8 Å². The van der Waals surface area contributed by atoms with Gasteiger partial charge in [0.1, 0.15) is 0 Å². The average molecular weight is 305 g/mol. The van der Waals surface area contributed by atoms with E-state index in [-0.39, 0.29) is 17.7 Å². The van der Waals surface area contributed by atoms with Crippen molar-refractivity contribution in [1.82, 2.24) is 9.03 Å². The molecule has 0 aromatic carbocycles. The van der Waals surface area contributed by atoms with Gasteiger partial charge in [-0.25, -0.2) is 0 Å². The van der Waals surface area contributed by atoms with E-state index in [0.29, 0.717) is 26.1 Å². The van der Waals surface area contributed by atoms with E-state index in [0.717, 1.165) is 25.7 Å². The van der Waals surface area contributed by atoms with Crippen LogP contribution in [0.4, 0.5) is 0 Å². The van der Waals surface area contributed by atoms with E-state index in [2.05, 4.69) is 4.72 Å². The van der Waals surface area contributed by atoms with Crippen LogP contribution in [0.1, 0.15) is 46.0 Å². The van der Waals surface area contributed by atoms with Crippen LogP contribution < -0.4 is 10.5 Å². The van der Waals surface area contributed by atoms with E-state index in [4.69, 9.17) is 10.5 Å². The highest BCUT2D eigenvalue weighted by Gasteiger charge is 2.36. The van der Waals surface area contributed by atoms with E-state index in [1.54, 1.807) is 4.31 Å². The summed E-state index contributed by atoms with van der Waals surface area (Å²) < 4.78 is 35.1. The molecule has 2 fully saturated rings. The Kier molecular flexibility index (Phi) is 5.07. The molecule has 2 atom stereocenters. The summed E-state index contributed by atoms with van der Waals surface area (Å²) in [6.45, 7) is 5.55. The molecule has 2 rings (SSSR count). The van der Waals surface area contributed by atoms with Crippen LogP contribution in [0.15, 0.2) is 0 Å². The monoisotopic (exact) mass is 305 g/mol. The molecule has 6 nitrogen and oxygen atoms in total. The molecule has 7 heteroatoms. The zero-order valence-electron chi connectivity index (χ0n) is 12.5. The van der Waals surface area contributed by atoms with Crippen LogP contribution in [0.2, 0.25) is 0 Å². The Hall–Kier alpha value is -0.210. The molecule has 20 heavy (non-hydrogen) atoms. The molecule has 0 aromatic heterocycles. The van der Waals surface area contributed by atoms with Crippen LogP contribution in [0.3, 0.4) is 0 Å². The molecule has 0 bridgehead atoms. The van der Waals surface area contributed by atoms with Crippen molar-refractivity contribution in [3.63, 3.8) is 0 Å². The fourth-order valence-electron chi connectivity index (χ4n) is 3.14. The van der Waals surface area contributed by atoms with Gasteiger partial charge < -0.3 is 10.5 Å². The quantitative estimate of drug-likeness (QED) is 0.796. The van der Waals surface area contributed by atoms with Crippen molar-refractivity contribution < 1.29 is 13.2 Å². The van der Waals surface area contributed by atoms with Crippen molar-refractivity contribution in [2.45, 2.75) is 63.6 Å². The van der Waals surface area contributed by atoms with Crippen LogP contribution >= 0.6 is 0 Å². The molecule has 0 saturated carbocycles. The molecule has 2 aliphatic rings. The fourth-order valence-corrected chi connectivity index (χ4v) is 4.85. The number of nitrogens with zero attached hydrogens (tertiary/aromatic N) is 1. The van der Waals surface area contributed by atoms with E-state index in [1.165, 1.54) is 0 Å². The van der Waals surface area contributed by atoms with Gasteiger partial charge in [0.15, 0.2) is 0 Å². The van der Waals surface area contributed by atoms with E-state index < -0.39 is 10.2 Å². The van der Waals surface area contributed by atoms with Crippen molar-refractivity contribution in [2.75, 3.05) is 19.7 Å². The maximum absolute atomic E-state index is 12.6. The summed E-state index contributed by atoms with van der Waals surface area (Å²) in [5.41, 5.74) is 5.45. The lowest BCUT2D eigenvalue weighted by molar-refractivity contribution is -0.0601. The summed E-state index contributed by atoms with van der Waals surface area (Å²) in [6.07, 6.45) is 4.25. The second-order valence-corrected chi connectivity index (χ2v) is 8.07. The van der Waals surface area contributed by atoms with Crippen LogP contribution in [0.5, 0.6) is 0 Å². The van der Waals surface area contributed by atoms with Gasteiger partial charge in [-0.05, 0) is 39.5 Å². The second kappa shape index (κ2) is 6.27. The normalized spacial score (nSPS) is 32.1. The van der Waals surface area contributed by atoms with Gasteiger partial charge in [-0.2, -0.15) is 17.4 Å². The molecule has 0 radical (unpaired) electrons. The van der Waals surface area contributed by atoms with E-state index in [1.807, 2.05) is 13.8 Å². The summed E-state index contributed by atoms with van der Waals surface area (Å²) in [4.78, 5) is 0. The molecule has 0 aliphatic carbocycles. The molecular formula is C13H27N3O3S. The van der Waals surface area contributed by atoms with Crippen molar-refractivity contribution >= 4 is 10.2 Å². The van der Waals surface area contributed by atoms with Gasteiger partial charge in [-0.3, -0.25) is 0 Å². The Labute approximate surface area is 122 Å². The molecular weight excluding hydrogens is 278 g/mol. The minimum atomic E-state index is -3.45. The standard InChI is InChI=1S/C13H27N3O3S/c1-13(2)9-11(6-8-19-13)15-20(17,18)16-7-4-3-5-12(16)10-14/h11-12,15H,3-10,14H2,1-2H3. The summed E-state index contributed by atoms with van der Waals surface area (Å²) in [5.74, 6) is 0. The number of ether oxygens (including phenoxy) is 1. The number of piperidine rings is 1. The Morgan fingerprint density at radius 3 is 2.75 bits per heavy atom. The lowest BCUT2D eigenvalue weighted by Gasteiger charge is -2.38. The molecule has 2 heterocycles. The van der Waals surface area contributed by atoms with E-state index in [9.17, 15) is 8.42 Å². The molecule has 0 aromatic rings. The minimum absolute atomic E-state index is 0.0518. The van der Waals surface area contributed by atoms with Crippen LogP contribution in [-0.4, -0.2) is 50.1 Å². The maximum Gasteiger partial charge on any atom is 0.279 e. The highest BCUT2D eigenvalue weighted by molar-refractivity contribution is 7.87. The zero-order valence-corrected chi connectivity index (χ0v) is 13.3. The third-order valence-electron chi connectivity index (χ3n) is 4.17. The van der Waals surface area contributed by atoms with Crippen molar-refractivity contribution in [2.24, 2.45) is 5.73 Å². The second-order valence-electron chi connectivity index (χ2n) is 6.42. The maximum atomic E-state index is 12.6. The van der Waals surface area contributed by atoms with Crippen molar-refractivity contribution in [3.8, 4) is 0 Å². The first-order chi connectivity index (χ1) is 9.34. The first-order valence-electron chi connectivity index (χ1n) is 7.47. The van der Waals surface area contributed by atoms with Crippen molar-refractivity contribution in [1.29, 1.82) is 0 Å². The summed E-state index contributed by atoms with van der Waals surface area (Å²) in [6, 6.07) is -0.113. The Morgan fingerprint density at radius 2 is 2.10 bits per heavy atom. The van der Waals surface area contributed by atoms with Gasteiger partial charge in [-0.15, -0.1) is 0 Å².